The maximum absolute atomic E-state index is 15.8. The smallest absolute Gasteiger partial charge is 0.252 e. The van der Waals surface area contributed by atoms with E-state index in [1.165, 1.54) is 48.8 Å². The molecule has 13 heteroatoms. The second-order valence-corrected chi connectivity index (χ2v) is 11.7. The van der Waals surface area contributed by atoms with Crippen LogP contribution in [0.2, 0.25) is 5.02 Å². The highest BCUT2D eigenvalue weighted by Gasteiger charge is 2.48. The Hall–Kier alpha value is -5.28. The topological polar surface area (TPSA) is 119 Å². The van der Waals surface area contributed by atoms with Crippen LogP contribution < -0.4 is 15.1 Å². The first kappa shape index (κ1) is 31.7. The molecule has 0 bridgehead atoms. The second kappa shape index (κ2) is 12.8. The molecule has 2 fully saturated rings. The minimum absolute atomic E-state index is 0.0207. The van der Waals surface area contributed by atoms with Crippen molar-refractivity contribution in [2.75, 3.05) is 9.80 Å². The number of nitrogens with one attached hydrogen (secondary N) is 1. The van der Waals surface area contributed by atoms with E-state index < -0.39 is 60.4 Å². The van der Waals surface area contributed by atoms with E-state index in [1.54, 1.807) is 30.3 Å². The van der Waals surface area contributed by atoms with E-state index in [-0.39, 0.29) is 46.1 Å². The first-order chi connectivity index (χ1) is 22.6. The first-order valence-corrected chi connectivity index (χ1v) is 15.1. The number of anilines is 2. The lowest BCUT2D eigenvalue weighted by molar-refractivity contribution is -0.133. The predicted molar refractivity (Wildman–Crippen MR) is 167 cm³/mol. The molecule has 1 saturated heterocycles. The Morgan fingerprint density at radius 3 is 2.49 bits per heavy atom. The highest BCUT2D eigenvalue weighted by molar-refractivity contribution is 6.31. The standard InChI is InChI=1S/C34H26ClF3N6O3/c35-25-6-2-1-5-23(25)31(32(46)42-21-17-34(37,38)18-21)43(22-8-9-24(26(36)16-22)27-7-3-4-13-40-27)33(47)28-10-11-30(45)44(28)29-15-20(19-39)12-14-41-29/h1-9,12-16,21,28,31H,10-11,17-18H2,(H,42,46)/t28-,31-/m0/s1. The van der Waals surface area contributed by atoms with Gasteiger partial charge in [-0.25, -0.2) is 18.2 Å². The molecule has 2 aromatic carbocycles. The van der Waals surface area contributed by atoms with Gasteiger partial charge in [-0.05, 0) is 55.0 Å². The molecule has 2 aromatic heterocycles. The molecule has 1 aliphatic heterocycles. The highest BCUT2D eigenvalue weighted by Crippen LogP contribution is 2.40. The van der Waals surface area contributed by atoms with Gasteiger partial charge in [-0.1, -0.05) is 35.9 Å². The Morgan fingerprint density at radius 1 is 1.04 bits per heavy atom. The van der Waals surface area contributed by atoms with Gasteiger partial charge in [0, 0.05) is 59.5 Å². The molecule has 9 nitrogen and oxygen atoms in total. The molecule has 3 heterocycles. The molecule has 2 aliphatic rings. The third-order valence-corrected chi connectivity index (χ3v) is 8.51. The molecule has 47 heavy (non-hydrogen) atoms. The Bertz CT molecular complexity index is 1900. The summed E-state index contributed by atoms with van der Waals surface area (Å²) in [5.41, 5.74) is 0.768. The average Bonchev–Trinajstić information content (AvgIpc) is 3.44. The van der Waals surface area contributed by atoms with Gasteiger partial charge in [-0.3, -0.25) is 29.2 Å². The van der Waals surface area contributed by atoms with Crippen molar-refractivity contribution in [1.29, 1.82) is 5.26 Å². The first-order valence-electron chi connectivity index (χ1n) is 14.7. The molecule has 3 amide bonds. The summed E-state index contributed by atoms with van der Waals surface area (Å²) in [6.45, 7) is 0. The maximum Gasteiger partial charge on any atom is 0.252 e. The number of carbonyl (C=O) groups excluding carboxylic acids is 3. The van der Waals surface area contributed by atoms with E-state index in [0.717, 1.165) is 15.9 Å². The van der Waals surface area contributed by atoms with Gasteiger partial charge in [0.25, 0.3) is 11.8 Å². The van der Waals surface area contributed by atoms with Crippen LogP contribution in [0.1, 0.15) is 42.9 Å². The summed E-state index contributed by atoms with van der Waals surface area (Å²) in [5.74, 6) is -5.67. The number of alkyl halides is 2. The van der Waals surface area contributed by atoms with Gasteiger partial charge in [0.2, 0.25) is 11.8 Å². The zero-order chi connectivity index (χ0) is 33.3. The quantitative estimate of drug-likeness (QED) is 0.248. The number of hydrogen-bond acceptors (Lipinski definition) is 6. The average molecular weight is 659 g/mol. The fourth-order valence-corrected chi connectivity index (χ4v) is 6.15. The monoisotopic (exact) mass is 658 g/mol. The number of rotatable bonds is 8. The second-order valence-electron chi connectivity index (χ2n) is 11.3. The van der Waals surface area contributed by atoms with Crippen LogP contribution in [0.5, 0.6) is 0 Å². The molecular weight excluding hydrogens is 633 g/mol. The third-order valence-electron chi connectivity index (χ3n) is 8.17. The van der Waals surface area contributed by atoms with Crippen molar-refractivity contribution in [3.63, 3.8) is 0 Å². The number of carbonyl (C=O) groups is 3. The van der Waals surface area contributed by atoms with Crippen LogP contribution in [0.25, 0.3) is 11.3 Å². The lowest BCUT2D eigenvalue weighted by Gasteiger charge is -2.39. The van der Waals surface area contributed by atoms with E-state index in [9.17, 15) is 28.4 Å². The Balaban J connectivity index is 1.48. The SMILES string of the molecule is N#Cc1ccnc(N2C(=O)CC[C@H]2C(=O)N(c2ccc(-c3ccccn3)c(F)c2)[C@H](C(=O)NC2CC(F)(F)C2)c2ccccc2Cl)c1. The van der Waals surface area contributed by atoms with Gasteiger partial charge in [-0.2, -0.15) is 5.26 Å². The normalized spacial score (nSPS) is 17.8. The summed E-state index contributed by atoms with van der Waals surface area (Å²) < 4.78 is 43.3. The number of amides is 3. The van der Waals surface area contributed by atoms with E-state index in [1.807, 2.05) is 6.07 Å². The van der Waals surface area contributed by atoms with Crippen molar-refractivity contribution in [3.8, 4) is 17.3 Å². The van der Waals surface area contributed by atoms with Crippen LogP contribution in [-0.2, 0) is 14.4 Å². The summed E-state index contributed by atoms with van der Waals surface area (Å²) in [5, 5.41) is 12.1. The Labute approximate surface area is 272 Å². The van der Waals surface area contributed by atoms with Gasteiger partial charge in [0.05, 0.1) is 17.3 Å². The van der Waals surface area contributed by atoms with E-state index in [2.05, 4.69) is 15.3 Å². The molecular formula is C34H26ClF3N6O3. The lowest BCUT2D eigenvalue weighted by Crippen LogP contribution is -2.56. The molecule has 1 saturated carbocycles. The number of benzene rings is 2. The molecule has 0 spiro atoms. The van der Waals surface area contributed by atoms with Crippen LogP contribution in [-0.4, -0.2) is 45.7 Å². The lowest BCUT2D eigenvalue weighted by atomic mass is 9.87. The Kier molecular flexibility index (Phi) is 8.66. The van der Waals surface area contributed by atoms with Crippen LogP contribution in [0, 0.1) is 17.1 Å². The van der Waals surface area contributed by atoms with Crippen molar-refractivity contribution < 1.29 is 27.6 Å². The molecule has 6 rings (SSSR count). The fraction of sp³-hybridized carbons (Fsp3) is 0.235. The van der Waals surface area contributed by atoms with Gasteiger partial charge in [-0.15, -0.1) is 0 Å². The largest absolute Gasteiger partial charge is 0.351 e. The zero-order valence-electron chi connectivity index (χ0n) is 24.6. The van der Waals surface area contributed by atoms with Crippen molar-refractivity contribution in [1.82, 2.24) is 15.3 Å². The minimum atomic E-state index is -2.94. The molecule has 0 unspecified atom stereocenters. The van der Waals surface area contributed by atoms with Crippen LogP contribution in [0.4, 0.5) is 24.7 Å². The number of aromatic nitrogens is 2. The number of nitrogens with zero attached hydrogens (tertiary/aromatic N) is 5. The van der Waals surface area contributed by atoms with Crippen molar-refractivity contribution in [2.24, 2.45) is 0 Å². The molecule has 4 aromatic rings. The van der Waals surface area contributed by atoms with Crippen LogP contribution in [0.3, 0.4) is 0 Å². The molecule has 1 aliphatic carbocycles. The summed E-state index contributed by atoms with van der Waals surface area (Å²) in [7, 11) is 0. The van der Waals surface area contributed by atoms with E-state index in [0.29, 0.717) is 5.69 Å². The van der Waals surface area contributed by atoms with Crippen molar-refractivity contribution in [3.05, 3.63) is 107 Å². The summed E-state index contributed by atoms with van der Waals surface area (Å²) in [6.07, 6.45) is 1.64. The molecule has 1 N–H and O–H groups in total. The number of pyridine rings is 2. The van der Waals surface area contributed by atoms with Crippen LogP contribution in [0.15, 0.2) is 85.2 Å². The zero-order valence-corrected chi connectivity index (χ0v) is 25.4. The maximum atomic E-state index is 15.8. The third kappa shape index (κ3) is 6.39. The summed E-state index contributed by atoms with van der Waals surface area (Å²) in [6, 6.07) is 16.3. The molecule has 0 radical (unpaired) electrons. The van der Waals surface area contributed by atoms with Crippen molar-refractivity contribution >= 4 is 40.8 Å². The van der Waals surface area contributed by atoms with Crippen LogP contribution >= 0.6 is 11.6 Å². The highest BCUT2D eigenvalue weighted by atomic mass is 35.5. The van der Waals surface area contributed by atoms with E-state index >= 15 is 4.39 Å². The Morgan fingerprint density at radius 2 is 1.81 bits per heavy atom. The van der Waals surface area contributed by atoms with Gasteiger partial charge < -0.3 is 5.32 Å². The summed E-state index contributed by atoms with van der Waals surface area (Å²) >= 11 is 6.58. The molecule has 2 atom stereocenters. The number of halogens is 4. The number of hydrogen-bond donors (Lipinski definition) is 1. The van der Waals surface area contributed by atoms with Crippen molar-refractivity contribution in [2.45, 2.75) is 49.7 Å². The van der Waals surface area contributed by atoms with Gasteiger partial charge in [0.15, 0.2) is 0 Å². The van der Waals surface area contributed by atoms with E-state index in [4.69, 9.17) is 11.6 Å². The summed E-state index contributed by atoms with van der Waals surface area (Å²) in [4.78, 5) is 52.6. The number of nitriles is 1. The van der Waals surface area contributed by atoms with Gasteiger partial charge in [0.1, 0.15) is 23.7 Å². The van der Waals surface area contributed by atoms with Gasteiger partial charge >= 0.3 is 0 Å². The molecule has 238 valence electrons. The predicted octanol–water partition coefficient (Wildman–Crippen LogP) is 5.99. The fourth-order valence-electron chi connectivity index (χ4n) is 5.91. The minimum Gasteiger partial charge on any atom is -0.351 e.